The molecule has 0 saturated carbocycles. The largest absolute Gasteiger partial charge is 0.356 e. The fourth-order valence-corrected chi connectivity index (χ4v) is 4.00. The van der Waals surface area contributed by atoms with E-state index in [1.54, 1.807) is 0 Å². The lowest BCUT2D eigenvalue weighted by molar-refractivity contribution is -0.142. The van der Waals surface area contributed by atoms with E-state index in [0.29, 0.717) is 13.1 Å². The van der Waals surface area contributed by atoms with Crippen molar-refractivity contribution in [2.45, 2.75) is 45.3 Å². The van der Waals surface area contributed by atoms with E-state index in [0.717, 1.165) is 28.8 Å². The predicted octanol–water partition coefficient (Wildman–Crippen LogP) is 3.60. The Kier molecular flexibility index (Phi) is 5.34. The molecule has 4 rings (SSSR count). The number of nitrogens with one attached hydrogen (secondary N) is 1. The molecule has 1 aliphatic rings. The van der Waals surface area contributed by atoms with Gasteiger partial charge in [-0.15, -0.1) is 0 Å². The van der Waals surface area contributed by atoms with Crippen LogP contribution in [-0.4, -0.2) is 32.8 Å². The first kappa shape index (κ1) is 19.2. The summed E-state index contributed by atoms with van der Waals surface area (Å²) in [6.07, 6.45) is 0.977. The Labute approximate surface area is 170 Å². The average Bonchev–Trinajstić information content (AvgIpc) is 3.13. The fourth-order valence-electron chi connectivity index (χ4n) is 4.00. The number of benzene rings is 2. The van der Waals surface area contributed by atoms with Crippen LogP contribution in [0.2, 0.25) is 0 Å². The zero-order chi connectivity index (χ0) is 20.4. The molecule has 2 amide bonds. The van der Waals surface area contributed by atoms with E-state index < -0.39 is 6.04 Å². The van der Waals surface area contributed by atoms with Crippen LogP contribution in [0.4, 0.5) is 0 Å². The van der Waals surface area contributed by atoms with Gasteiger partial charge in [0, 0.05) is 13.1 Å². The topological polar surface area (TPSA) is 67.2 Å². The number of hydrogen-bond donors (Lipinski definition) is 1. The molecule has 0 bridgehead atoms. The minimum Gasteiger partial charge on any atom is -0.356 e. The highest BCUT2D eigenvalue weighted by molar-refractivity contribution is 5.90. The van der Waals surface area contributed by atoms with Crippen molar-refractivity contribution < 1.29 is 9.59 Å². The van der Waals surface area contributed by atoms with Crippen LogP contribution in [0.1, 0.15) is 50.2 Å². The second kappa shape index (κ2) is 8.07. The van der Waals surface area contributed by atoms with Gasteiger partial charge in [-0.05, 0) is 31.0 Å². The Morgan fingerprint density at radius 2 is 1.83 bits per heavy atom. The number of fused-ring (bicyclic) bond motifs is 3. The van der Waals surface area contributed by atoms with Crippen LogP contribution in [0, 0.1) is 0 Å². The minimum atomic E-state index is -0.589. The highest BCUT2D eigenvalue weighted by Gasteiger charge is 2.40. The summed E-state index contributed by atoms with van der Waals surface area (Å²) < 4.78 is 1.97. The van der Waals surface area contributed by atoms with E-state index in [-0.39, 0.29) is 24.3 Å². The number of carbonyl (C=O) groups excluding carboxylic acids is 2. The van der Waals surface area contributed by atoms with Crippen LogP contribution in [0.25, 0.3) is 11.0 Å². The Morgan fingerprint density at radius 3 is 2.59 bits per heavy atom. The summed E-state index contributed by atoms with van der Waals surface area (Å²) in [6, 6.07) is 17.0. The van der Waals surface area contributed by atoms with E-state index in [4.69, 9.17) is 4.98 Å². The summed E-state index contributed by atoms with van der Waals surface area (Å²) in [4.78, 5) is 32.7. The van der Waals surface area contributed by atoms with E-state index in [9.17, 15) is 9.59 Å². The summed E-state index contributed by atoms with van der Waals surface area (Å²) in [5.74, 6) is 0.682. The smallest absolute Gasteiger partial charge is 0.247 e. The molecule has 0 fully saturated rings. The van der Waals surface area contributed by atoms with Crippen molar-refractivity contribution in [1.82, 2.24) is 19.8 Å². The standard InChI is InChI=1S/C23H26N4O2/c1-3-13-24-21(28)14-20-23(29)26(15-17-9-5-4-6-10-17)16(2)22-25-18-11-7-8-12-19(18)27(20)22/h4-12,16,20H,3,13-15H2,1-2H3,(H,24,28)/t16-,20-/m1/s1. The fraction of sp³-hybridized carbons (Fsp3) is 0.348. The maximum Gasteiger partial charge on any atom is 0.247 e. The first-order valence-corrected chi connectivity index (χ1v) is 10.2. The molecule has 0 aliphatic carbocycles. The maximum atomic E-state index is 13.6. The number of carbonyl (C=O) groups is 2. The number of hydrogen-bond acceptors (Lipinski definition) is 3. The molecular formula is C23H26N4O2. The maximum absolute atomic E-state index is 13.6. The first-order chi connectivity index (χ1) is 14.1. The van der Waals surface area contributed by atoms with Gasteiger partial charge in [-0.3, -0.25) is 9.59 Å². The molecule has 0 spiro atoms. The number of aromatic nitrogens is 2. The van der Waals surface area contributed by atoms with Gasteiger partial charge in [0.05, 0.1) is 23.5 Å². The van der Waals surface area contributed by atoms with E-state index in [1.165, 1.54) is 0 Å². The Hall–Kier alpha value is -3.15. The average molecular weight is 390 g/mol. The Balaban J connectivity index is 1.74. The first-order valence-electron chi connectivity index (χ1n) is 10.2. The molecular weight excluding hydrogens is 364 g/mol. The van der Waals surface area contributed by atoms with Gasteiger partial charge in [0.1, 0.15) is 11.9 Å². The third-order valence-electron chi connectivity index (χ3n) is 5.49. The zero-order valence-corrected chi connectivity index (χ0v) is 16.8. The van der Waals surface area contributed by atoms with Crippen molar-refractivity contribution in [2.75, 3.05) is 6.54 Å². The predicted molar refractivity (Wildman–Crippen MR) is 112 cm³/mol. The summed E-state index contributed by atoms with van der Waals surface area (Å²) in [5.41, 5.74) is 2.81. The highest BCUT2D eigenvalue weighted by Crippen LogP contribution is 2.37. The van der Waals surface area contributed by atoms with E-state index in [1.807, 2.05) is 77.9 Å². The molecule has 1 N–H and O–H groups in total. The molecule has 2 aromatic carbocycles. The van der Waals surface area contributed by atoms with Gasteiger partial charge in [-0.2, -0.15) is 0 Å². The summed E-state index contributed by atoms with van der Waals surface area (Å²) in [6.45, 7) is 5.13. The van der Waals surface area contributed by atoms with Crippen molar-refractivity contribution >= 4 is 22.8 Å². The van der Waals surface area contributed by atoms with Crippen molar-refractivity contribution in [1.29, 1.82) is 0 Å². The number of imidazole rings is 1. The summed E-state index contributed by atoms with van der Waals surface area (Å²) in [7, 11) is 0. The molecule has 2 heterocycles. The third kappa shape index (κ3) is 3.62. The minimum absolute atomic E-state index is 0.0383. The molecule has 150 valence electrons. The van der Waals surface area contributed by atoms with Gasteiger partial charge in [-0.1, -0.05) is 49.4 Å². The molecule has 6 heteroatoms. The summed E-state index contributed by atoms with van der Waals surface area (Å²) in [5, 5.41) is 2.90. The van der Waals surface area contributed by atoms with Crippen LogP contribution >= 0.6 is 0 Å². The third-order valence-corrected chi connectivity index (χ3v) is 5.49. The van der Waals surface area contributed by atoms with Crippen LogP contribution in [0.15, 0.2) is 54.6 Å². The van der Waals surface area contributed by atoms with Gasteiger partial charge in [0.25, 0.3) is 0 Å². The Bertz CT molecular complexity index is 1030. The van der Waals surface area contributed by atoms with Crippen LogP contribution in [0.3, 0.4) is 0 Å². The second-order valence-electron chi connectivity index (χ2n) is 7.53. The van der Waals surface area contributed by atoms with Crippen LogP contribution in [0.5, 0.6) is 0 Å². The van der Waals surface area contributed by atoms with Crippen molar-refractivity contribution in [3.63, 3.8) is 0 Å². The van der Waals surface area contributed by atoms with Crippen molar-refractivity contribution in [3.05, 3.63) is 66.0 Å². The number of para-hydroxylation sites is 2. The molecule has 0 saturated heterocycles. The highest BCUT2D eigenvalue weighted by atomic mass is 16.2. The summed E-state index contributed by atoms with van der Waals surface area (Å²) >= 11 is 0. The zero-order valence-electron chi connectivity index (χ0n) is 16.8. The molecule has 2 atom stereocenters. The molecule has 0 unspecified atom stereocenters. The van der Waals surface area contributed by atoms with Gasteiger partial charge in [0.15, 0.2) is 0 Å². The molecule has 6 nitrogen and oxygen atoms in total. The quantitative estimate of drug-likeness (QED) is 0.699. The molecule has 0 radical (unpaired) electrons. The molecule has 29 heavy (non-hydrogen) atoms. The van der Waals surface area contributed by atoms with Gasteiger partial charge >= 0.3 is 0 Å². The molecule has 1 aliphatic heterocycles. The van der Waals surface area contributed by atoms with Gasteiger partial charge in [-0.25, -0.2) is 4.98 Å². The van der Waals surface area contributed by atoms with Crippen LogP contribution in [-0.2, 0) is 16.1 Å². The van der Waals surface area contributed by atoms with Gasteiger partial charge in [0.2, 0.25) is 11.8 Å². The molecule has 1 aromatic heterocycles. The number of nitrogens with zero attached hydrogens (tertiary/aromatic N) is 3. The van der Waals surface area contributed by atoms with Crippen LogP contribution < -0.4 is 5.32 Å². The molecule has 3 aromatic rings. The number of rotatable bonds is 6. The van der Waals surface area contributed by atoms with E-state index >= 15 is 0 Å². The second-order valence-corrected chi connectivity index (χ2v) is 7.53. The lowest BCUT2D eigenvalue weighted by Crippen LogP contribution is -2.46. The SMILES string of the molecule is CCCNC(=O)C[C@@H]1C(=O)N(Cc2ccccc2)[C@H](C)c2nc3ccccc3n21. The van der Waals surface area contributed by atoms with E-state index in [2.05, 4.69) is 5.32 Å². The number of amides is 2. The monoisotopic (exact) mass is 390 g/mol. The van der Waals surface area contributed by atoms with Crippen molar-refractivity contribution in [2.24, 2.45) is 0 Å². The van der Waals surface area contributed by atoms with Crippen molar-refractivity contribution in [3.8, 4) is 0 Å². The lowest BCUT2D eigenvalue weighted by atomic mass is 10.0. The van der Waals surface area contributed by atoms with Gasteiger partial charge < -0.3 is 14.8 Å². The lowest BCUT2D eigenvalue weighted by Gasteiger charge is -2.38. The Morgan fingerprint density at radius 1 is 1.10 bits per heavy atom. The normalized spacial score (nSPS) is 18.7.